The van der Waals surface area contributed by atoms with Crippen LogP contribution in [-0.2, 0) is 11.3 Å². The highest BCUT2D eigenvalue weighted by atomic mass is 16.5. The van der Waals surface area contributed by atoms with Gasteiger partial charge in [-0.05, 0) is 37.2 Å². The largest absolute Gasteiger partial charge is 0.462 e. The first-order chi connectivity index (χ1) is 8.28. The molecule has 0 aromatic heterocycles. The third kappa shape index (κ3) is 5.32. The van der Waals surface area contributed by atoms with Crippen molar-refractivity contribution in [2.75, 3.05) is 20.7 Å². The Bertz CT molecular complexity index is 388. The Kier molecular flexibility index (Phi) is 4.91. The van der Waals surface area contributed by atoms with E-state index in [0.717, 1.165) is 6.54 Å². The van der Waals surface area contributed by atoms with Crippen molar-refractivity contribution >= 4 is 5.97 Å². The van der Waals surface area contributed by atoms with Gasteiger partial charge >= 0.3 is 5.97 Å². The number of hydrogen-bond acceptors (Lipinski definition) is 3. The Balaban J connectivity index is 2.59. The Morgan fingerprint density at radius 2 is 1.72 bits per heavy atom. The minimum atomic E-state index is -0.249. The van der Waals surface area contributed by atoms with Gasteiger partial charge in [0.2, 0.25) is 0 Å². The van der Waals surface area contributed by atoms with Crippen LogP contribution in [0.1, 0.15) is 36.7 Å². The number of nitrogens with zero attached hydrogens (tertiary/aromatic N) is 1. The monoisotopic (exact) mass is 249 g/mol. The van der Waals surface area contributed by atoms with Crippen molar-refractivity contribution in [1.82, 2.24) is 4.90 Å². The first kappa shape index (κ1) is 14.7. The highest BCUT2D eigenvalue weighted by molar-refractivity contribution is 5.89. The lowest BCUT2D eigenvalue weighted by Gasteiger charge is -2.17. The molecule has 0 saturated carbocycles. The summed E-state index contributed by atoms with van der Waals surface area (Å²) < 4.78 is 5.26. The second kappa shape index (κ2) is 6.01. The Morgan fingerprint density at radius 1 is 1.17 bits per heavy atom. The van der Waals surface area contributed by atoms with Gasteiger partial charge in [0, 0.05) is 6.54 Å². The van der Waals surface area contributed by atoms with Crippen LogP contribution in [0.2, 0.25) is 0 Å². The lowest BCUT2D eigenvalue weighted by molar-refractivity contribution is 0.0367. The van der Waals surface area contributed by atoms with E-state index >= 15 is 0 Å². The zero-order chi connectivity index (χ0) is 13.8. The van der Waals surface area contributed by atoms with E-state index < -0.39 is 0 Å². The lowest BCUT2D eigenvalue weighted by Crippen LogP contribution is -2.18. The molecule has 0 aliphatic rings. The first-order valence-electron chi connectivity index (χ1n) is 6.19. The molecule has 1 rings (SSSR count). The summed E-state index contributed by atoms with van der Waals surface area (Å²) in [5, 5.41) is 0. The summed E-state index contributed by atoms with van der Waals surface area (Å²) in [6, 6.07) is 7.58. The van der Waals surface area contributed by atoms with E-state index in [9.17, 15) is 4.79 Å². The number of rotatable bonds is 4. The Hall–Kier alpha value is -1.35. The molecule has 0 aliphatic carbocycles. The van der Waals surface area contributed by atoms with Crippen molar-refractivity contribution in [1.29, 1.82) is 0 Å². The second-order valence-electron chi connectivity index (χ2n) is 6.07. The van der Waals surface area contributed by atoms with Crippen LogP contribution in [-0.4, -0.2) is 31.6 Å². The molecule has 1 aromatic rings. The standard InChI is InChI=1S/C15H23NO2/c1-15(2,3)11-18-14(17)13-8-6-12(7-9-13)10-16(4)5/h6-9H,10-11H2,1-5H3. The van der Waals surface area contributed by atoms with Crippen LogP contribution in [0.25, 0.3) is 0 Å². The van der Waals surface area contributed by atoms with E-state index in [0.29, 0.717) is 12.2 Å². The summed E-state index contributed by atoms with van der Waals surface area (Å²) >= 11 is 0. The van der Waals surface area contributed by atoms with Gasteiger partial charge in [0.05, 0.1) is 12.2 Å². The number of esters is 1. The molecule has 0 atom stereocenters. The summed E-state index contributed by atoms with van der Waals surface area (Å²) in [6.45, 7) is 7.43. The zero-order valence-electron chi connectivity index (χ0n) is 12.0. The van der Waals surface area contributed by atoms with E-state index in [1.54, 1.807) is 0 Å². The topological polar surface area (TPSA) is 29.5 Å². The lowest BCUT2D eigenvalue weighted by atomic mass is 9.99. The van der Waals surface area contributed by atoms with Gasteiger partial charge in [0.1, 0.15) is 0 Å². The van der Waals surface area contributed by atoms with Crippen LogP contribution in [0.4, 0.5) is 0 Å². The van der Waals surface area contributed by atoms with Crippen LogP contribution in [0.5, 0.6) is 0 Å². The molecule has 0 saturated heterocycles. The Labute approximate surface area is 110 Å². The number of carbonyl (C=O) groups is 1. The van der Waals surface area contributed by atoms with Crippen LogP contribution < -0.4 is 0 Å². The fourth-order valence-corrected chi connectivity index (χ4v) is 1.48. The van der Waals surface area contributed by atoms with Crippen molar-refractivity contribution in [2.45, 2.75) is 27.3 Å². The number of ether oxygens (including phenoxy) is 1. The highest BCUT2D eigenvalue weighted by Gasteiger charge is 2.14. The molecule has 0 heterocycles. The molecule has 3 nitrogen and oxygen atoms in total. The predicted octanol–water partition coefficient (Wildman–Crippen LogP) is 2.95. The van der Waals surface area contributed by atoms with Gasteiger partial charge in [0.15, 0.2) is 0 Å². The molecular weight excluding hydrogens is 226 g/mol. The normalized spacial score (nSPS) is 11.7. The Morgan fingerprint density at radius 3 is 2.17 bits per heavy atom. The number of carbonyl (C=O) groups excluding carboxylic acids is 1. The average molecular weight is 249 g/mol. The second-order valence-corrected chi connectivity index (χ2v) is 6.07. The van der Waals surface area contributed by atoms with E-state index in [-0.39, 0.29) is 11.4 Å². The van der Waals surface area contributed by atoms with Crippen molar-refractivity contribution < 1.29 is 9.53 Å². The van der Waals surface area contributed by atoms with Gasteiger partial charge in [0.25, 0.3) is 0 Å². The fourth-order valence-electron chi connectivity index (χ4n) is 1.48. The number of benzene rings is 1. The molecule has 18 heavy (non-hydrogen) atoms. The summed E-state index contributed by atoms with van der Waals surface area (Å²) in [7, 11) is 4.04. The molecule has 0 unspecified atom stereocenters. The third-order valence-electron chi connectivity index (χ3n) is 2.32. The molecule has 0 N–H and O–H groups in total. The van der Waals surface area contributed by atoms with Gasteiger partial charge in [-0.1, -0.05) is 32.9 Å². The third-order valence-corrected chi connectivity index (χ3v) is 2.32. The van der Waals surface area contributed by atoms with Gasteiger partial charge < -0.3 is 9.64 Å². The summed E-state index contributed by atoms with van der Waals surface area (Å²) in [5.41, 5.74) is 1.80. The maximum Gasteiger partial charge on any atom is 0.338 e. The smallest absolute Gasteiger partial charge is 0.338 e. The predicted molar refractivity (Wildman–Crippen MR) is 73.6 cm³/mol. The minimum Gasteiger partial charge on any atom is -0.462 e. The SMILES string of the molecule is CN(C)Cc1ccc(C(=O)OCC(C)(C)C)cc1. The highest BCUT2D eigenvalue weighted by Crippen LogP contribution is 2.15. The van der Waals surface area contributed by atoms with Gasteiger partial charge in [-0.25, -0.2) is 4.79 Å². The number of hydrogen-bond donors (Lipinski definition) is 0. The maximum absolute atomic E-state index is 11.8. The van der Waals surface area contributed by atoms with Crippen LogP contribution in [0, 0.1) is 5.41 Å². The van der Waals surface area contributed by atoms with E-state index in [4.69, 9.17) is 4.74 Å². The van der Waals surface area contributed by atoms with Crippen molar-refractivity contribution in [2.24, 2.45) is 5.41 Å². The van der Waals surface area contributed by atoms with Gasteiger partial charge in [-0.3, -0.25) is 0 Å². The first-order valence-corrected chi connectivity index (χ1v) is 6.19. The van der Waals surface area contributed by atoms with Crippen molar-refractivity contribution in [3.63, 3.8) is 0 Å². The molecule has 0 bridgehead atoms. The van der Waals surface area contributed by atoms with Gasteiger partial charge in [-0.15, -0.1) is 0 Å². The summed E-state index contributed by atoms with van der Waals surface area (Å²) in [5.74, 6) is -0.249. The molecule has 1 aromatic carbocycles. The summed E-state index contributed by atoms with van der Waals surface area (Å²) in [6.07, 6.45) is 0. The van der Waals surface area contributed by atoms with Crippen LogP contribution in [0.15, 0.2) is 24.3 Å². The maximum atomic E-state index is 11.8. The molecule has 0 radical (unpaired) electrons. The molecule has 0 fully saturated rings. The van der Waals surface area contributed by atoms with Crippen molar-refractivity contribution in [3.05, 3.63) is 35.4 Å². The molecule has 0 aliphatic heterocycles. The average Bonchev–Trinajstić information content (AvgIpc) is 2.25. The van der Waals surface area contributed by atoms with E-state index in [2.05, 4.69) is 4.90 Å². The van der Waals surface area contributed by atoms with Crippen LogP contribution in [0.3, 0.4) is 0 Å². The van der Waals surface area contributed by atoms with E-state index in [1.807, 2.05) is 59.1 Å². The minimum absolute atomic E-state index is 0.000519. The molecule has 0 amide bonds. The molecular formula is C15H23NO2. The molecule has 3 heteroatoms. The zero-order valence-corrected chi connectivity index (χ0v) is 12.0. The van der Waals surface area contributed by atoms with Gasteiger partial charge in [-0.2, -0.15) is 0 Å². The molecule has 100 valence electrons. The fraction of sp³-hybridized carbons (Fsp3) is 0.533. The summed E-state index contributed by atoms with van der Waals surface area (Å²) in [4.78, 5) is 13.9. The van der Waals surface area contributed by atoms with E-state index in [1.165, 1.54) is 5.56 Å². The van der Waals surface area contributed by atoms with Crippen LogP contribution >= 0.6 is 0 Å². The molecule has 0 spiro atoms. The quantitative estimate of drug-likeness (QED) is 0.768. The van der Waals surface area contributed by atoms with Crippen molar-refractivity contribution in [3.8, 4) is 0 Å².